The Morgan fingerprint density at radius 1 is 1.24 bits per heavy atom. The van der Waals surface area contributed by atoms with Gasteiger partial charge in [0.2, 0.25) is 5.28 Å². The summed E-state index contributed by atoms with van der Waals surface area (Å²) in [6.45, 7) is 4.61. The Labute approximate surface area is 104 Å². The highest BCUT2D eigenvalue weighted by Gasteiger charge is 2.13. The Morgan fingerprint density at radius 3 is 2.47 bits per heavy atom. The molecule has 0 radical (unpaired) electrons. The highest BCUT2D eigenvalue weighted by atomic mass is 35.5. The van der Waals surface area contributed by atoms with Gasteiger partial charge in [-0.3, -0.25) is 4.57 Å². The van der Waals surface area contributed by atoms with E-state index in [-0.39, 0.29) is 11.7 Å². The van der Waals surface area contributed by atoms with E-state index in [0.717, 1.165) is 11.4 Å². The molecule has 0 bridgehead atoms. The summed E-state index contributed by atoms with van der Waals surface area (Å²) in [6, 6.07) is 6.33. The third-order valence-corrected chi connectivity index (χ3v) is 2.78. The van der Waals surface area contributed by atoms with Gasteiger partial charge in [-0.15, -0.1) is 10.2 Å². The van der Waals surface area contributed by atoms with Crippen molar-refractivity contribution in [2.45, 2.75) is 26.3 Å². The first kappa shape index (κ1) is 12.0. The van der Waals surface area contributed by atoms with Crippen molar-refractivity contribution in [1.29, 1.82) is 0 Å². The molecule has 0 aliphatic heterocycles. The Hall–Kier alpha value is -1.42. The summed E-state index contributed by atoms with van der Waals surface area (Å²) in [4.78, 5) is 0. The van der Waals surface area contributed by atoms with Crippen LogP contribution in [-0.2, 0) is 6.54 Å². The van der Waals surface area contributed by atoms with E-state index >= 15 is 0 Å². The predicted molar refractivity (Wildman–Crippen MR) is 64.6 cm³/mol. The van der Waals surface area contributed by atoms with Crippen molar-refractivity contribution in [2.24, 2.45) is 0 Å². The van der Waals surface area contributed by atoms with Crippen LogP contribution in [0.15, 0.2) is 24.3 Å². The molecule has 0 atom stereocenters. The molecule has 0 amide bonds. The minimum Gasteiger partial charge on any atom is -0.297 e. The fourth-order valence-corrected chi connectivity index (χ4v) is 1.82. The second-order valence-electron chi connectivity index (χ2n) is 4.19. The average Bonchev–Trinajstić information content (AvgIpc) is 2.64. The van der Waals surface area contributed by atoms with Crippen molar-refractivity contribution < 1.29 is 4.39 Å². The summed E-state index contributed by atoms with van der Waals surface area (Å²) >= 11 is 5.99. The molecular weight excluding hydrogens is 241 g/mol. The van der Waals surface area contributed by atoms with E-state index in [2.05, 4.69) is 10.2 Å². The second kappa shape index (κ2) is 4.84. The van der Waals surface area contributed by atoms with Gasteiger partial charge in [0.05, 0.1) is 6.54 Å². The number of aromatic nitrogens is 3. The van der Waals surface area contributed by atoms with Gasteiger partial charge >= 0.3 is 0 Å². The molecule has 3 nitrogen and oxygen atoms in total. The van der Waals surface area contributed by atoms with Gasteiger partial charge in [0.25, 0.3) is 0 Å². The molecule has 0 unspecified atom stereocenters. The zero-order valence-corrected chi connectivity index (χ0v) is 10.4. The third-order valence-electron chi connectivity index (χ3n) is 2.50. The van der Waals surface area contributed by atoms with E-state index in [9.17, 15) is 4.39 Å². The van der Waals surface area contributed by atoms with Crippen LogP contribution in [-0.4, -0.2) is 14.8 Å². The lowest BCUT2D eigenvalue weighted by Crippen LogP contribution is -2.07. The fourth-order valence-electron chi connectivity index (χ4n) is 1.64. The van der Waals surface area contributed by atoms with Gasteiger partial charge in [0.1, 0.15) is 11.6 Å². The summed E-state index contributed by atoms with van der Waals surface area (Å²) in [7, 11) is 0. The lowest BCUT2D eigenvalue weighted by molar-refractivity contribution is 0.624. The van der Waals surface area contributed by atoms with Gasteiger partial charge in [-0.2, -0.15) is 0 Å². The van der Waals surface area contributed by atoms with Gasteiger partial charge < -0.3 is 0 Å². The number of hydrogen-bond donors (Lipinski definition) is 0. The van der Waals surface area contributed by atoms with Crippen LogP contribution in [0.3, 0.4) is 0 Å². The minimum absolute atomic E-state index is 0.243. The van der Waals surface area contributed by atoms with Gasteiger partial charge in [-0.05, 0) is 29.3 Å². The molecule has 0 aliphatic carbocycles. The Bertz CT molecular complexity index is 505. The fraction of sp³-hybridized carbons (Fsp3) is 0.333. The van der Waals surface area contributed by atoms with Crippen molar-refractivity contribution >= 4 is 11.6 Å². The summed E-state index contributed by atoms with van der Waals surface area (Å²) in [6.07, 6.45) is 0. The van der Waals surface area contributed by atoms with Crippen molar-refractivity contribution in [1.82, 2.24) is 14.8 Å². The molecule has 0 N–H and O–H groups in total. The molecule has 1 aromatic heterocycles. The lowest BCUT2D eigenvalue weighted by atomic mass is 10.2. The Balaban J connectivity index is 2.29. The Kier molecular flexibility index (Phi) is 3.43. The van der Waals surface area contributed by atoms with Crippen molar-refractivity contribution in [3.63, 3.8) is 0 Å². The van der Waals surface area contributed by atoms with Crippen LogP contribution in [0.5, 0.6) is 0 Å². The normalized spacial score (nSPS) is 11.1. The van der Waals surface area contributed by atoms with Crippen molar-refractivity contribution in [2.75, 3.05) is 0 Å². The maximum atomic E-state index is 12.8. The topological polar surface area (TPSA) is 30.7 Å². The smallest absolute Gasteiger partial charge is 0.225 e. The van der Waals surface area contributed by atoms with E-state index < -0.39 is 0 Å². The van der Waals surface area contributed by atoms with Gasteiger partial charge in [0.15, 0.2) is 0 Å². The van der Waals surface area contributed by atoms with E-state index in [1.165, 1.54) is 12.1 Å². The first-order valence-electron chi connectivity index (χ1n) is 5.41. The molecule has 17 heavy (non-hydrogen) atoms. The zero-order valence-electron chi connectivity index (χ0n) is 9.69. The van der Waals surface area contributed by atoms with E-state index in [0.29, 0.717) is 11.8 Å². The maximum Gasteiger partial charge on any atom is 0.225 e. The van der Waals surface area contributed by atoms with Crippen LogP contribution < -0.4 is 0 Å². The summed E-state index contributed by atoms with van der Waals surface area (Å²) in [5.74, 6) is 0.836. The van der Waals surface area contributed by atoms with Crippen LogP contribution in [0.1, 0.15) is 31.2 Å². The minimum atomic E-state index is -0.243. The van der Waals surface area contributed by atoms with Crippen LogP contribution in [0.2, 0.25) is 5.28 Å². The lowest BCUT2D eigenvalue weighted by Gasteiger charge is -2.09. The molecule has 0 saturated carbocycles. The number of nitrogens with zero attached hydrogens (tertiary/aromatic N) is 3. The molecular formula is C12H13ClFN3. The Morgan fingerprint density at radius 2 is 1.88 bits per heavy atom. The molecule has 0 spiro atoms. The summed E-state index contributed by atoms with van der Waals surface area (Å²) < 4.78 is 14.6. The van der Waals surface area contributed by atoms with E-state index in [1.54, 1.807) is 12.1 Å². The van der Waals surface area contributed by atoms with Crippen molar-refractivity contribution in [3.05, 3.63) is 46.8 Å². The SMILES string of the molecule is CC(C)c1nnc(Cl)n1Cc1ccc(F)cc1. The molecule has 0 fully saturated rings. The number of hydrogen-bond acceptors (Lipinski definition) is 2. The summed E-state index contributed by atoms with van der Waals surface area (Å²) in [5, 5.41) is 8.25. The van der Waals surface area contributed by atoms with Crippen LogP contribution in [0, 0.1) is 5.82 Å². The molecule has 2 aromatic rings. The first-order valence-corrected chi connectivity index (χ1v) is 5.78. The van der Waals surface area contributed by atoms with E-state index in [1.807, 2.05) is 18.4 Å². The number of halogens is 2. The number of rotatable bonds is 3. The van der Waals surface area contributed by atoms with E-state index in [4.69, 9.17) is 11.6 Å². The van der Waals surface area contributed by atoms with Crippen LogP contribution in [0.25, 0.3) is 0 Å². The highest BCUT2D eigenvalue weighted by molar-refractivity contribution is 6.28. The maximum absolute atomic E-state index is 12.8. The van der Waals surface area contributed by atoms with Crippen LogP contribution >= 0.6 is 11.6 Å². The van der Waals surface area contributed by atoms with Gasteiger partial charge in [-0.1, -0.05) is 26.0 Å². The van der Waals surface area contributed by atoms with Crippen LogP contribution in [0.4, 0.5) is 4.39 Å². The predicted octanol–water partition coefficient (Wildman–Crippen LogP) is 3.24. The average molecular weight is 254 g/mol. The molecule has 5 heteroatoms. The summed E-state index contributed by atoms with van der Waals surface area (Å²) in [5.41, 5.74) is 0.968. The molecule has 0 aliphatic rings. The third kappa shape index (κ3) is 2.64. The molecule has 90 valence electrons. The monoisotopic (exact) mass is 253 g/mol. The second-order valence-corrected chi connectivity index (χ2v) is 4.53. The zero-order chi connectivity index (χ0) is 12.4. The standard InChI is InChI=1S/C12H13ClFN3/c1-8(2)11-15-16-12(13)17(11)7-9-3-5-10(14)6-4-9/h3-6,8H,7H2,1-2H3. The molecule has 1 heterocycles. The quantitative estimate of drug-likeness (QED) is 0.841. The van der Waals surface area contributed by atoms with Gasteiger partial charge in [-0.25, -0.2) is 4.39 Å². The first-order chi connectivity index (χ1) is 8.08. The molecule has 1 aromatic carbocycles. The largest absolute Gasteiger partial charge is 0.297 e. The highest BCUT2D eigenvalue weighted by Crippen LogP contribution is 2.18. The molecule has 2 rings (SSSR count). The number of benzene rings is 1. The van der Waals surface area contributed by atoms with Gasteiger partial charge in [0, 0.05) is 5.92 Å². The van der Waals surface area contributed by atoms with Crippen molar-refractivity contribution in [3.8, 4) is 0 Å². The molecule has 0 saturated heterocycles.